The number of rotatable bonds is 5. The number of hydrogen-bond donors (Lipinski definition) is 1. The molecule has 5 heteroatoms. The highest BCUT2D eigenvalue weighted by Gasteiger charge is 2.29. The summed E-state index contributed by atoms with van der Waals surface area (Å²) in [5.41, 5.74) is 1.57. The summed E-state index contributed by atoms with van der Waals surface area (Å²) in [5, 5.41) is 8.80. The van der Waals surface area contributed by atoms with Crippen LogP contribution in [-0.4, -0.2) is 34.1 Å². The lowest BCUT2D eigenvalue weighted by molar-refractivity contribution is 0.282. The van der Waals surface area contributed by atoms with E-state index in [0.29, 0.717) is 5.41 Å². The van der Waals surface area contributed by atoms with E-state index in [1.807, 2.05) is 0 Å². The van der Waals surface area contributed by atoms with Crippen molar-refractivity contribution in [3.05, 3.63) is 5.69 Å². The van der Waals surface area contributed by atoms with Crippen molar-refractivity contribution in [2.24, 2.45) is 5.41 Å². The molecule has 0 spiro atoms. The van der Waals surface area contributed by atoms with Gasteiger partial charge in [0.15, 0.2) is 0 Å². The Bertz CT molecular complexity index is 361. The Morgan fingerprint density at radius 2 is 2.29 bits per heavy atom. The summed E-state index contributed by atoms with van der Waals surface area (Å²) in [6.45, 7) is 11.1. The molecule has 1 fully saturated rings. The Kier molecular flexibility index (Phi) is 3.99. The lowest BCUT2D eigenvalue weighted by Crippen LogP contribution is -2.23. The standard InChI is InChI=1S/C12H22N4S/c1-4-6-13-11-10(14-15-17-11)8-16-7-5-12(2,3)9-16/h13H,4-9H2,1-3H3. The maximum absolute atomic E-state index is 4.24. The summed E-state index contributed by atoms with van der Waals surface area (Å²) in [6, 6.07) is 0. The van der Waals surface area contributed by atoms with Crippen molar-refractivity contribution in [2.75, 3.05) is 25.0 Å². The van der Waals surface area contributed by atoms with Gasteiger partial charge in [-0.3, -0.25) is 4.90 Å². The fourth-order valence-electron chi connectivity index (χ4n) is 2.26. The number of nitrogens with zero attached hydrogens (tertiary/aromatic N) is 3. The Morgan fingerprint density at radius 3 is 2.94 bits per heavy atom. The second-order valence-electron chi connectivity index (χ2n) is 5.60. The predicted octanol–water partition coefficient (Wildman–Crippen LogP) is 2.59. The number of hydrogen-bond acceptors (Lipinski definition) is 5. The maximum Gasteiger partial charge on any atom is 0.134 e. The number of aromatic nitrogens is 2. The van der Waals surface area contributed by atoms with Crippen LogP contribution in [0.3, 0.4) is 0 Å². The third-order valence-electron chi connectivity index (χ3n) is 3.22. The Labute approximate surface area is 108 Å². The quantitative estimate of drug-likeness (QED) is 0.877. The lowest BCUT2D eigenvalue weighted by atomic mass is 9.93. The predicted molar refractivity (Wildman–Crippen MR) is 72.4 cm³/mol. The first-order valence-corrected chi connectivity index (χ1v) is 7.15. The molecule has 0 radical (unpaired) electrons. The summed E-state index contributed by atoms with van der Waals surface area (Å²) >= 11 is 1.47. The fourth-order valence-corrected chi connectivity index (χ4v) is 2.85. The maximum atomic E-state index is 4.24. The molecule has 1 aliphatic rings. The molecule has 0 atom stereocenters. The third kappa shape index (κ3) is 3.39. The molecule has 1 N–H and O–H groups in total. The molecule has 2 rings (SSSR count). The minimum atomic E-state index is 0.459. The molecule has 0 aromatic carbocycles. The Hall–Kier alpha value is -0.680. The first-order chi connectivity index (χ1) is 8.11. The van der Waals surface area contributed by atoms with E-state index >= 15 is 0 Å². The summed E-state index contributed by atoms with van der Waals surface area (Å²) in [5.74, 6) is 0. The van der Waals surface area contributed by atoms with Crippen LogP contribution < -0.4 is 5.32 Å². The van der Waals surface area contributed by atoms with Crippen LogP contribution in [-0.2, 0) is 6.54 Å². The van der Waals surface area contributed by atoms with E-state index in [1.54, 1.807) is 0 Å². The van der Waals surface area contributed by atoms with Gasteiger partial charge in [-0.2, -0.15) is 0 Å². The van der Waals surface area contributed by atoms with E-state index in [0.717, 1.165) is 36.8 Å². The van der Waals surface area contributed by atoms with Gasteiger partial charge in [0, 0.05) is 31.2 Å². The Morgan fingerprint density at radius 1 is 1.47 bits per heavy atom. The number of nitrogens with one attached hydrogen (secondary N) is 1. The second-order valence-corrected chi connectivity index (χ2v) is 6.35. The van der Waals surface area contributed by atoms with Crippen molar-refractivity contribution in [1.82, 2.24) is 14.5 Å². The van der Waals surface area contributed by atoms with Gasteiger partial charge in [0.2, 0.25) is 0 Å². The highest BCUT2D eigenvalue weighted by atomic mass is 32.1. The zero-order valence-electron chi connectivity index (χ0n) is 11.0. The zero-order chi connectivity index (χ0) is 12.3. The molecule has 1 saturated heterocycles. The van der Waals surface area contributed by atoms with Gasteiger partial charge in [-0.05, 0) is 24.8 Å². The van der Waals surface area contributed by atoms with Crippen molar-refractivity contribution in [3.63, 3.8) is 0 Å². The molecule has 2 heterocycles. The van der Waals surface area contributed by atoms with E-state index in [1.165, 1.54) is 24.5 Å². The second kappa shape index (κ2) is 5.31. The van der Waals surface area contributed by atoms with Gasteiger partial charge >= 0.3 is 0 Å². The van der Waals surface area contributed by atoms with Gasteiger partial charge < -0.3 is 5.32 Å². The molecule has 17 heavy (non-hydrogen) atoms. The largest absolute Gasteiger partial charge is 0.374 e. The van der Waals surface area contributed by atoms with Gasteiger partial charge in [0.05, 0.1) is 0 Å². The van der Waals surface area contributed by atoms with Crippen molar-refractivity contribution < 1.29 is 0 Å². The van der Waals surface area contributed by atoms with Crippen LogP contribution in [0.2, 0.25) is 0 Å². The van der Waals surface area contributed by atoms with Gasteiger partial charge in [-0.15, -0.1) is 5.10 Å². The molecule has 0 unspecified atom stereocenters. The van der Waals surface area contributed by atoms with Gasteiger partial charge in [-0.25, -0.2) is 0 Å². The van der Waals surface area contributed by atoms with Crippen LogP contribution in [0.4, 0.5) is 5.00 Å². The molecule has 0 amide bonds. The molecular weight excluding hydrogens is 232 g/mol. The molecule has 0 aliphatic carbocycles. The summed E-state index contributed by atoms with van der Waals surface area (Å²) in [6.07, 6.45) is 2.41. The normalized spacial score (nSPS) is 19.7. The van der Waals surface area contributed by atoms with Crippen molar-refractivity contribution >= 4 is 16.5 Å². The molecular formula is C12H22N4S. The van der Waals surface area contributed by atoms with Crippen molar-refractivity contribution in [1.29, 1.82) is 0 Å². The van der Waals surface area contributed by atoms with Crippen molar-refractivity contribution in [3.8, 4) is 0 Å². The lowest BCUT2D eigenvalue weighted by Gasteiger charge is -2.19. The fraction of sp³-hybridized carbons (Fsp3) is 0.833. The van der Waals surface area contributed by atoms with E-state index in [2.05, 4.69) is 40.6 Å². The van der Waals surface area contributed by atoms with E-state index in [9.17, 15) is 0 Å². The summed E-state index contributed by atoms with van der Waals surface area (Å²) in [7, 11) is 0. The minimum Gasteiger partial charge on any atom is -0.374 e. The van der Waals surface area contributed by atoms with Crippen LogP contribution in [0.5, 0.6) is 0 Å². The van der Waals surface area contributed by atoms with Crippen LogP contribution in [0.1, 0.15) is 39.3 Å². The summed E-state index contributed by atoms with van der Waals surface area (Å²) < 4.78 is 4.06. The molecule has 1 aromatic heterocycles. The number of anilines is 1. The van der Waals surface area contributed by atoms with Crippen LogP contribution in [0.25, 0.3) is 0 Å². The third-order valence-corrected chi connectivity index (χ3v) is 3.95. The van der Waals surface area contributed by atoms with Crippen LogP contribution in [0, 0.1) is 5.41 Å². The smallest absolute Gasteiger partial charge is 0.134 e. The molecule has 1 aliphatic heterocycles. The SMILES string of the molecule is CCCNc1snnc1CN1CCC(C)(C)C1. The highest BCUT2D eigenvalue weighted by molar-refractivity contribution is 7.10. The minimum absolute atomic E-state index is 0.459. The van der Waals surface area contributed by atoms with E-state index in [-0.39, 0.29) is 0 Å². The average molecular weight is 254 g/mol. The van der Waals surface area contributed by atoms with E-state index in [4.69, 9.17) is 0 Å². The highest BCUT2D eigenvalue weighted by Crippen LogP contribution is 2.30. The molecule has 0 saturated carbocycles. The first-order valence-electron chi connectivity index (χ1n) is 6.38. The van der Waals surface area contributed by atoms with Gasteiger partial charge in [-0.1, -0.05) is 25.3 Å². The summed E-state index contributed by atoms with van der Waals surface area (Å²) in [4.78, 5) is 2.48. The first kappa shape index (κ1) is 12.8. The Balaban J connectivity index is 1.92. The van der Waals surface area contributed by atoms with Crippen LogP contribution in [0.15, 0.2) is 0 Å². The molecule has 96 valence electrons. The zero-order valence-corrected chi connectivity index (χ0v) is 11.8. The van der Waals surface area contributed by atoms with Crippen LogP contribution >= 0.6 is 11.5 Å². The van der Waals surface area contributed by atoms with Gasteiger partial charge in [0.25, 0.3) is 0 Å². The average Bonchev–Trinajstić information content (AvgIpc) is 2.83. The van der Waals surface area contributed by atoms with E-state index < -0.39 is 0 Å². The van der Waals surface area contributed by atoms with Crippen molar-refractivity contribution in [2.45, 2.75) is 40.2 Å². The molecule has 4 nitrogen and oxygen atoms in total. The molecule has 1 aromatic rings. The monoisotopic (exact) mass is 254 g/mol. The van der Waals surface area contributed by atoms with Gasteiger partial charge in [0.1, 0.15) is 10.7 Å². The molecule has 0 bridgehead atoms. The number of likely N-dealkylation sites (tertiary alicyclic amines) is 1. The topological polar surface area (TPSA) is 41.1 Å².